The molecule has 1 aromatic carbocycles. The Morgan fingerprint density at radius 2 is 1.81 bits per heavy atom. The Labute approximate surface area is 101 Å². The van der Waals surface area contributed by atoms with Gasteiger partial charge in [0.25, 0.3) is 0 Å². The second-order valence-corrected chi connectivity index (χ2v) is 5.63. The fourth-order valence-corrected chi connectivity index (χ4v) is 2.20. The molecule has 2 nitrogen and oxygen atoms in total. The third kappa shape index (κ3) is 3.89. The number of thioether (sulfide) groups is 1. The van der Waals surface area contributed by atoms with Crippen LogP contribution in [0, 0.1) is 5.92 Å². The molecule has 16 heavy (non-hydrogen) atoms. The zero-order valence-corrected chi connectivity index (χ0v) is 10.8. The molecule has 0 spiro atoms. The molecule has 0 amide bonds. The molecule has 1 rings (SSSR count). The highest BCUT2D eigenvalue weighted by Crippen LogP contribution is 2.23. The molecule has 88 valence electrons. The van der Waals surface area contributed by atoms with Gasteiger partial charge in [0, 0.05) is 11.0 Å². The molecule has 0 saturated carbocycles. The molecule has 0 aliphatic rings. The maximum atomic E-state index is 10.7. The predicted molar refractivity (Wildman–Crippen MR) is 69.0 cm³/mol. The van der Waals surface area contributed by atoms with Crippen LogP contribution in [0.1, 0.15) is 36.7 Å². The Kier molecular flexibility index (Phi) is 4.87. The van der Waals surface area contributed by atoms with Crippen molar-refractivity contribution in [3.05, 3.63) is 35.4 Å². The summed E-state index contributed by atoms with van der Waals surface area (Å²) in [5, 5.41) is 9.39. The van der Waals surface area contributed by atoms with Gasteiger partial charge in [-0.1, -0.05) is 32.9 Å². The van der Waals surface area contributed by atoms with Crippen LogP contribution < -0.4 is 0 Å². The Morgan fingerprint density at radius 3 is 2.25 bits per heavy atom. The van der Waals surface area contributed by atoms with Crippen LogP contribution in [0.4, 0.5) is 0 Å². The SMILES string of the molecule is CC(C)C(C)SCc1ccc(C(=O)O)cc1. The summed E-state index contributed by atoms with van der Waals surface area (Å²) in [4.78, 5) is 10.7. The molecule has 1 N–H and O–H groups in total. The average molecular weight is 238 g/mol. The van der Waals surface area contributed by atoms with E-state index in [1.165, 1.54) is 5.56 Å². The lowest BCUT2D eigenvalue weighted by molar-refractivity contribution is 0.0697. The lowest BCUT2D eigenvalue weighted by atomic mass is 10.1. The first-order chi connectivity index (χ1) is 7.50. The van der Waals surface area contributed by atoms with E-state index in [0.717, 1.165) is 5.75 Å². The second-order valence-electron chi connectivity index (χ2n) is 4.26. The van der Waals surface area contributed by atoms with Gasteiger partial charge in [-0.25, -0.2) is 4.79 Å². The minimum atomic E-state index is -0.866. The summed E-state index contributed by atoms with van der Waals surface area (Å²) in [6, 6.07) is 7.11. The highest BCUT2D eigenvalue weighted by Gasteiger charge is 2.08. The van der Waals surface area contributed by atoms with Crippen LogP contribution in [0.5, 0.6) is 0 Å². The summed E-state index contributed by atoms with van der Waals surface area (Å²) < 4.78 is 0. The van der Waals surface area contributed by atoms with E-state index < -0.39 is 5.97 Å². The highest BCUT2D eigenvalue weighted by molar-refractivity contribution is 7.99. The number of aromatic carboxylic acids is 1. The standard InChI is InChI=1S/C13H18O2S/c1-9(2)10(3)16-8-11-4-6-12(7-5-11)13(14)15/h4-7,9-10H,8H2,1-3H3,(H,14,15). The zero-order chi connectivity index (χ0) is 12.1. The molecule has 0 aliphatic heterocycles. The lowest BCUT2D eigenvalue weighted by Gasteiger charge is -2.14. The van der Waals surface area contributed by atoms with E-state index in [1.54, 1.807) is 12.1 Å². The molecule has 0 bridgehead atoms. The fraction of sp³-hybridized carbons (Fsp3) is 0.462. The fourth-order valence-electron chi connectivity index (χ4n) is 1.16. The van der Waals surface area contributed by atoms with Crippen molar-refractivity contribution in [2.45, 2.75) is 31.8 Å². The zero-order valence-electron chi connectivity index (χ0n) is 9.93. The molecular formula is C13H18O2S. The third-order valence-electron chi connectivity index (χ3n) is 2.65. The maximum Gasteiger partial charge on any atom is 0.335 e. The molecule has 0 radical (unpaired) electrons. The monoisotopic (exact) mass is 238 g/mol. The number of carboxylic acid groups (broad SMARTS) is 1. The van der Waals surface area contributed by atoms with Crippen molar-refractivity contribution in [1.82, 2.24) is 0 Å². The van der Waals surface area contributed by atoms with Crippen molar-refractivity contribution in [3.8, 4) is 0 Å². The smallest absolute Gasteiger partial charge is 0.335 e. The first kappa shape index (κ1) is 13.1. The van der Waals surface area contributed by atoms with Gasteiger partial charge in [0.1, 0.15) is 0 Å². The number of carbonyl (C=O) groups is 1. The predicted octanol–water partition coefficient (Wildman–Crippen LogP) is 3.66. The Balaban J connectivity index is 2.53. The quantitative estimate of drug-likeness (QED) is 0.850. The number of carboxylic acids is 1. The molecule has 3 heteroatoms. The Morgan fingerprint density at radius 1 is 1.25 bits per heavy atom. The first-order valence-electron chi connectivity index (χ1n) is 5.44. The second kappa shape index (κ2) is 5.94. The highest BCUT2D eigenvalue weighted by atomic mass is 32.2. The summed E-state index contributed by atoms with van der Waals surface area (Å²) in [6.45, 7) is 6.65. The largest absolute Gasteiger partial charge is 0.478 e. The molecule has 1 atom stereocenters. The van der Waals surface area contributed by atoms with Gasteiger partial charge in [-0.3, -0.25) is 0 Å². The van der Waals surface area contributed by atoms with Gasteiger partial charge in [0.2, 0.25) is 0 Å². The lowest BCUT2D eigenvalue weighted by Crippen LogP contribution is -2.05. The summed E-state index contributed by atoms with van der Waals surface area (Å²) in [7, 11) is 0. The molecule has 0 fully saturated rings. The summed E-state index contributed by atoms with van der Waals surface area (Å²) in [6.07, 6.45) is 0. The van der Waals surface area contributed by atoms with Crippen molar-refractivity contribution < 1.29 is 9.90 Å². The van der Waals surface area contributed by atoms with Crippen molar-refractivity contribution >= 4 is 17.7 Å². The van der Waals surface area contributed by atoms with Crippen LogP contribution in [0.15, 0.2) is 24.3 Å². The molecule has 1 aromatic rings. The van der Waals surface area contributed by atoms with Crippen molar-refractivity contribution in [3.63, 3.8) is 0 Å². The summed E-state index contributed by atoms with van der Waals surface area (Å²) in [5.41, 5.74) is 1.54. The van der Waals surface area contributed by atoms with Crippen molar-refractivity contribution in [1.29, 1.82) is 0 Å². The van der Waals surface area contributed by atoms with Crippen LogP contribution in [-0.4, -0.2) is 16.3 Å². The maximum absolute atomic E-state index is 10.7. The van der Waals surface area contributed by atoms with Gasteiger partial charge < -0.3 is 5.11 Å². The van der Waals surface area contributed by atoms with Crippen molar-refractivity contribution in [2.75, 3.05) is 0 Å². The van der Waals surface area contributed by atoms with Crippen LogP contribution in [0.25, 0.3) is 0 Å². The summed E-state index contributed by atoms with van der Waals surface area (Å²) in [5.74, 6) is 0.747. The molecule has 1 unspecified atom stereocenters. The first-order valence-corrected chi connectivity index (χ1v) is 6.49. The number of hydrogen-bond donors (Lipinski definition) is 1. The number of hydrogen-bond acceptors (Lipinski definition) is 2. The van der Waals surface area contributed by atoms with Crippen LogP contribution >= 0.6 is 11.8 Å². The van der Waals surface area contributed by atoms with Gasteiger partial charge in [-0.15, -0.1) is 0 Å². The number of rotatable bonds is 5. The normalized spacial score (nSPS) is 12.8. The van der Waals surface area contributed by atoms with E-state index >= 15 is 0 Å². The van der Waals surface area contributed by atoms with Gasteiger partial charge in [0.05, 0.1) is 5.56 Å². The van der Waals surface area contributed by atoms with Gasteiger partial charge in [0.15, 0.2) is 0 Å². The summed E-state index contributed by atoms with van der Waals surface area (Å²) >= 11 is 1.90. The minimum Gasteiger partial charge on any atom is -0.478 e. The van der Waals surface area contributed by atoms with Crippen molar-refractivity contribution in [2.24, 2.45) is 5.92 Å². The Hall–Kier alpha value is -0.960. The third-order valence-corrected chi connectivity index (χ3v) is 4.22. The van der Waals surface area contributed by atoms with E-state index in [1.807, 2.05) is 23.9 Å². The van der Waals surface area contributed by atoms with E-state index in [9.17, 15) is 4.79 Å². The molecule has 0 aromatic heterocycles. The van der Waals surface area contributed by atoms with E-state index in [4.69, 9.17) is 5.11 Å². The molecular weight excluding hydrogens is 220 g/mol. The van der Waals surface area contributed by atoms with Gasteiger partial charge >= 0.3 is 5.97 Å². The molecule has 0 aliphatic carbocycles. The van der Waals surface area contributed by atoms with Crippen LogP contribution in [0.3, 0.4) is 0 Å². The number of benzene rings is 1. The molecule has 0 saturated heterocycles. The molecule has 0 heterocycles. The van der Waals surface area contributed by atoms with Crippen LogP contribution in [0.2, 0.25) is 0 Å². The van der Waals surface area contributed by atoms with Gasteiger partial charge in [-0.2, -0.15) is 11.8 Å². The van der Waals surface area contributed by atoms with Crippen LogP contribution in [-0.2, 0) is 5.75 Å². The average Bonchev–Trinajstić information content (AvgIpc) is 2.26. The topological polar surface area (TPSA) is 37.3 Å². The van der Waals surface area contributed by atoms with E-state index in [-0.39, 0.29) is 0 Å². The van der Waals surface area contributed by atoms with E-state index in [0.29, 0.717) is 16.7 Å². The van der Waals surface area contributed by atoms with Gasteiger partial charge in [-0.05, 0) is 23.6 Å². The minimum absolute atomic E-state index is 0.352. The van der Waals surface area contributed by atoms with E-state index in [2.05, 4.69) is 20.8 Å². The Bertz CT molecular complexity index is 343.